The van der Waals surface area contributed by atoms with Gasteiger partial charge in [0.25, 0.3) is 0 Å². The number of H-pyrrole nitrogens is 1. The summed E-state index contributed by atoms with van der Waals surface area (Å²) in [7, 11) is 4.70. The maximum absolute atomic E-state index is 5.46. The van der Waals surface area contributed by atoms with E-state index in [-0.39, 0.29) is 0 Å². The molecule has 0 unspecified atom stereocenters. The van der Waals surface area contributed by atoms with Gasteiger partial charge in [-0.1, -0.05) is 6.07 Å². The van der Waals surface area contributed by atoms with Crippen molar-refractivity contribution in [2.24, 2.45) is 5.10 Å². The quantitative estimate of drug-likeness (QED) is 0.526. The zero-order valence-corrected chi connectivity index (χ0v) is 15.5. The summed E-state index contributed by atoms with van der Waals surface area (Å²) >= 11 is 6.83. The Morgan fingerprint density at radius 1 is 1.16 bits per heavy atom. The standard InChI is InChI=1S/C16H16N4O3S2/c1-21-11-7-6-10(13(22-2)14(11)23-3)9-17-20-15(18-19-16(20)24)12-5-4-8-25-12/h4-9H,1-3H3,(H,19,24)/b17-9+. The molecule has 0 aliphatic heterocycles. The van der Waals surface area contributed by atoms with Crippen LogP contribution in [-0.2, 0) is 0 Å². The van der Waals surface area contributed by atoms with Gasteiger partial charge in [-0.2, -0.15) is 14.9 Å². The maximum Gasteiger partial charge on any atom is 0.216 e. The molecule has 0 aliphatic rings. The van der Waals surface area contributed by atoms with E-state index in [1.165, 1.54) is 0 Å². The molecule has 3 rings (SSSR count). The third-order valence-electron chi connectivity index (χ3n) is 3.44. The van der Waals surface area contributed by atoms with Gasteiger partial charge in [-0.25, -0.2) is 5.10 Å². The van der Waals surface area contributed by atoms with Crippen molar-refractivity contribution < 1.29 is 14.2 Å². The first kappa shape index (κ1) is 17.2. The minimum Gasteiger partial charge on any atom is -0.493 e. The summed E-state index contributed by atoms with van der Waals surface area (Å²) in [4.78, 5) is 0.962. The smallest absolute Gasteiger partial charge is 0.216 e. The molecule has 0 radical (unpaired) electrons. The van der Waals surface area contributed by atoms with Crippen molar-refractivity contribution in [1.82, 2.24) is 14.9 Å². The number of aromatic amines is 1. The van der Waals surface area contributed by atoms with Gasteiger partial charge < -0.3 is 14.2 Å². The number of methoxy groups -OCH3 is 3. The molecule has 2 heterocycles. The van der Waals surface area contributed by atoms with Crippen LogP contribution in [0.3, 0.4) is 0 Å². The molecule has 7 nitrogen and oxygen atoms in total. The molecule has 0 aliphatic carbocycles. The number of hydrogen-bond donors (Lipinski definition) is 1. The number of rotatable bonds is 6. The average Bonchev–Trinajstić information content (AvgIpc) is 3.28. The highest BCUT2D eigenvalue weighted by Gasteiger charge is 2.15. The van der Waals surface area contributed by atoms with Gasteiger partial charge in [0.05, 0.1) is 32.4 Å². The van der Waals surface area contributed by atoms with Crippen LogP contribution < -0.4 is 14.2 Å². The van der Waals surface area contributed by atoms with Crippen molar-refractivity contribution >= 4 is 29.8 Å². The highest BCUT2D eigenvalue weighted by molar-refractivity contribution is 7.71. The van der Waals surface area contributed by atoms with E-state index in [0.717, 1.165) is 10.4 Å². The van der Waals surface area contributed by atoms with Crippen molar-refractivity contribution in [2.45, 2.75) is 0 Å². The predicted molar refractivity (Wildman–Crippen MR) is 99.8 cm³/mol. The Bertz CT molecular complexity index is 945. The van der Waals surface area contributed by atoms with E-state index < -0.39 is 0 Å². The summed E-state index contributed by atoms with van der Waals surface area (Å²) in [6.07, 6.45) is 1.64. The number of ether oxygens (including phenoxy) is 3. The second kappa shape index (κ2) is 7.49. The predicted octanol–water partition coefficient (Wildman–Crippen LogP) is 3.58. The Hall–Kier alpha value is -2.65. The molecule has 3 aromatic rings. The van der Waals surface area contributed by atoms with Crippen LogP contribution in [0.1, 0.15) is 5.56 Å². The van der Waals surface area contributed by atoms with Gasteiger partial charge in [0.15, 0.2) is 17.3 Å². The van der Waals surface area contributed by atoms with E-state index in [1.54, 1.807) is 49.6 Å². The largest absolute Gasteiger partial charge is 0.493 e. The number of hydrogen-bond acceptors (Lipinski definition) is 7. The summed E-state index contributed by atoms with van der Waals surface area (Å²) in [6.45, 7) is 0. The number of nitrogens with zero attached hydrogens (tertiary/aromatic N) is 3. The number of benzene rings is 1. The Labute approximate surface area is 153 Å². The molecule has 9 heteroatoms. The first-order chi connectivity index (χ1) is 12.2. The topological polar surface area (TPSA) is 73.7 Å². The Balaban J connectivity index is 2.04. The number of thiophene rings is 1. The van der Waals surface area contributed by atoms with Crippen LogP contribution in [0.25, 0.3) is 10.7 Å². The summed E-state index contributed by atoms with van der Waals surface area (Å²) < 4.78 is 18.1. The van der Waals surface area contributed by atoms with Gasteiger partial charge >= 0.3 is 0 Å². The van der Waals surface area contributed by atoms with E-state index in [4.69, 9.17) is 26.4 Å². The van der Waals surface area contributed by atoms with Crippen molar-refractivity contribution in [2.75, 3.05) is 21.3 Å². The first-order valence-corrected chi connectivity index (χ1v) is 8.53. The Morgan fingerprint density at radius 2 is 1.96 bits per heavy atom. The molecular weight excluding hydrogens is 360 g/mol. The minimum atomic E-state index is 0.402. The number of nitrogens with one attached hydrogen (secondary N) is 1. The van der Waals surface area contributed by atoms with Crippen LogP contribution in [0.2, 0.25) is 0 Å². The van der Waals surface area contributed by atoms with Gasteiger partial charge in [-0.05, 0) is 35.8 Å². The molecule has 25 heavy (non-hydrogen) atoms. The maximum atomic E-state index is 5.46. The lowest BCUT2D eigenvalue weighted by molar-refractivity contribution is 0.324. The first-order valence-electron chi connectivity index (χ1n) is 7.24. The van der Waals surface area contributed by atoms with Crippen LogP contribution in [0.4, 0.5) is 0 Å². The van der Waals surface area contributed by atoms with Crippen molar-refractivity contribution in [1.29, 1.82) is 0 Å². The second-order valence-corrected chi connectivity index (χ2v) is 6.14. The summed E-state index contributed by atoms with van der Waals surface area (Å²) in [6, 6.07) is 7.53. The zero-order valence-electron chi connectivity index (χ0n) is 13.8. The van der Waals surface area contributed by atoms with E-state index in [2.05, 4.69) is 15.3 Å². The van der Waals surface area contributed by atoms with Crippen LogP contribution in [-0.4, -0.2) is 42.4 Å². The normalized spacial score (nSPS) is 11.0. The van der Waals surface area contributed by atoms with E-state index in [9.17, 15) is 0 Å². The molecule has 0 atom stereocenters. The van der Waals surface area contributed by atoms with Crippen LogP contribution in [0.5, 0.6) is 17.2 Å². The monoisotopic (exact) mass is 376 g/mol. The van der Waals surface area contributed by atoms with Gasteiger partial charge in [0, 0.05) is 5.56 Å². The van der Waals surface area contributed by atoms with E-state index >= 15 is 0 Å². The summed E-state index contributed by atoms with van der Waals surface area (Å²) in [5.74, 6) is 2.26. The second-order valence-electron chi connectivity index (χ2n) is 4.81. The van der Waals surface area contributed by atoms with Crippen LogP contribution in [0.15, 0.2) is 34.7 Å². The Morgan fingerprint density at radius 3 is 2.60 bits per heavy atom. The molecular formula is C16H16N4O3S2. The number of aromatic nitrogens is 3. The fraction of sp³-hybridized carbons (Fsp3) is 0.188. The Kier molecular flexibility index (Phi) is 5.15. The molecule has 2 aromatic heterocycles. The average molecular weight is 376 g/mol. The molecule has 1 aromatic carbocycles. The SMILES string of the molecule is COc1ccc(/C=N/n2c(-c3cccs3)n[nH]c2=S)c(OC)c1OC. The third-order valence-corrected chi connectivity index (χ3v) is 4.57. The fourth-order valence-corrected chi connectivity index (χ4v) is 3.19. The van der Waals surface area contributed by atoms with Gasteiger partial charge in [0.1, 0.15) is 0 Å². The van der Waals surface area contributed by atoms with Crippen LogP contribution >= 0.6 is 23.6 Å². The zero-order chi connectivity index (χ0) is 17.8. The molecule has 0 saturated heterocycles. The molecule has 0 fully saturated rings. The minimum absolute atomic E-state index is 0.402. The van der Waals surface area contributed by atoms with Crippen molar-refractivity contribution in [3.63, 3.8) is 0 Å². The summed E-state index contributed by atoms with van der Waals surface area (Å²) in [5.41, 5.74) is 0.723. The lowest BCUT2D eigenvalue weighted by Crippen LogP contribution is -2.00. The lowest BCUT2D eigenvalue weighted by atomic mass is 10.2. The van der Waals surface area contributed by atoms with Gasteiger partial charge in [0.2, 0.25) is 10.5 Å². The fourth-order valence-electron chi connectivity index (χ4n) is 2.31. The lowest BCUT2D eigenvalue weighted by Gasteiger charge is -2.13. The summed E-state index contributed by atoms with van der Waals surface area (Å²) in [5, 5.41) is 13.4. The van der Waals surface area contributed by atoms with Crippen molar-refractivity contribution in [3.8, 4) is 28.0 Å². The highest BCUT2D eigenvalue weighted by atomic mass is 32.1. The third kappa shape index (κ3) is 3.28. The molecule has 1 N–H and O–H groups in total. The molecule has 0 spiro atoms. The highest BCUT2D eigenvalue weighted by Crippen LogP contribution is 2.39. The molecule has 0 bridgehead atoms. The van der Waals surface area contributed by atoms with Crippen LogP contribution in [0, 0.1) is 4.77 Å². The molecule has 130 valence electrons. The molecule has 0 amide bonds. The van der Waals surface area contributed by atoms with Gasteiger partial charge in [-0.3, -0.25) is 0 Å². The van der Waals surface area contributed by atoms with E-state index in [0.29, 0.717) is 27.8 Å². The molecule has 0 saturated carbocycles. The van der Waals surface area contributed by atoms with Crippen molar-refractivity contribution in [3.05, 3.63) is 40.0 Å². The van der Waals surface area contributed by atoms with E-state index in [1.807, 2.05) is 23.6 Å². The van der Waals surface area contributed by atoms with Gasteiger partial charge in [-0.15, -0.1) is 11.3 Å².